The second-order valence-electron chi connectivity index (χ2n) is 3.81. The maximum Gasteiger partial charge on any atom is 0.190 e. The van der Waals surface area contributed by atoms with Gasteiger partial charge in [0.05, 0.1) is 13.2 Å². The van der Waals surface area contributed by atoms with Gasteiger partial charge in [-0.25, -0.2) is 0 Å². The van der Waals surface area contributed by atoms with Crippen molar-refractivity contribution < 1.29 is 4.74 Å². The molecule has 4 heteroatoms. The first kappa shape index (κ1) is 11.0. The second-order valence-corrected chi connectivity index (χ2v) is 3.81. The van der Waals surface area contributed by atoms with E-state index in [9.17, 15) is 0 Å². The van der Waals surface area contributed by atoms with Crippen LogP contribution >= 0.6 is 0 Å². The number of guanidine groups is 1. The van der Waals surface area contributed by atoms with Gasteiger partial charge in [0.15, 0.2) is 5.96 Å². The Labute approximate surface area is 95.7 Å². The summed E-state index contributed by atoms with van der Waals surface area (Å²) in [6, 6.07) is 10.2. The Morgan fingerprint density at radius 2 is 2.19 bits per heavy atom. The van der Waals surface area contributed by atoms with E-state index in [4.69, 9.17) is 10.1 Å². The van der Waals surface area contributed by atoms with Crippen LogP contribution in [0.2, 0.25) is 0 Å². The molecule has 0 aliphatic carbocycles. The monoisotopic (exact) mass is 219 g/mol. The SMILES string of the molecule is CNC(=N)N1CCOC(c2ccccc2)C1. The molecule has 1 aromatic rings. The summed E-state index contributed by atoms with van der Waals surface area (Å²) in [6.07, 6.45) is 0.0728. The summed E-state index contributed by atoms with van der Waals surface area (Å²) in [6.45, 7) is 2.19. The summed E-state index contributed by atoms with van der Waals surface area (Å²) in [5.41, 5.74) is 1.18. The smallest absolute Gasteiger partial charge is 0.190 e. The van der Waals surface area contributed by atoms with Crippen molar-refractivity contribution in [2.45, 2.75) is 6.10 Å². The standard InChI is InChI=1S/C12H17N3O/c1-14-12(13)15-7-8-16-11(9-15)10-5-3-2-4-6-10/h2-6,11H,7-9H2,1H3,(H2,13,14). The van der Waals surface area contributed by atoms with E-state index in [2.05, 4.69) is 17.4 Å². The van der Waals surface area contributed by atoms with Crippen molar-refractivity contribution in [3.05, 3.63) is 35.9 Å². The molecule has 0 saturated carbocycles. The van der Waals surface area contributed by atoms with E-state index in [0.717, 1.165) is 13.1 Å². The fourth-order valence-electron chi connectivity index (χ4n) is 1.88. The normalized spacial score (nSPS) is 20.6. The van der Waals surface area contributed by atoms with Gasteiger partial charge < -0.3 is 15.0 Å². The topological polar surface area (TPSA) is 48.4 Å². The summed E-state index contributed by atoms with van der Waals surface area (Å²) >= 11 is 0. The first-order valence-corrected chi connectivity index (χ1v) is 5.49. The maximum absolute atomic E-state index is 7.74. The molecule has 16 heavy (non-hydrogen) atoms. The second kappa shape index (κ2) is 4.99. The lowest BCUT2D eigenvalue weighted by atomic mass is 10.1. The molecule has 0 spiro atoms. The lowest BCUT2D eigenvalue weighted by Crippen LogP contribution is -2.46. The van der Waals surface area contributed by atoms with Gasteiger partial charge in [0, 0.05) is 13.6 Å². The molecular weight excluding hydrogens is 202 g/mol. The van der Waals surface area contributed by atoms with Crippen LogP contribution in [0.15, 0.2) is 30.3 Å². The molecule has 86 valence electrons. The highest BCUT2D eigenvalue weighted by molar-refractivity contribution is 5.76. The zero-order chi connectivity index (χ0) is 11.4. The van der Waals surface area contributed by atoms with E-state index in [-0.39, 0.29) is 6.10 Å². The highest BCUT2D eigenvalue weighted by Crippen LogP contribution is 2.21. The lowest BCUT2D eigenvalue weighted by Gasteiger charge is -2.34. The predicted molar refractivity (Wildman–Crippen MR) is 63.5 cm³/mol. The maximum atomic E-state index is 7.74. The molecule has 0 radical (unpaired) electrons. The molecule has 1 aliphatic rings. The number of benzene rings is 1. The molecule has 1 unspecified atom stereocenters. The third-order valence-corrected chi connectivity index (χ3v) is 2.79. The molecule has 0 amide bonds. The van der Waals surface area contributed by atoms with Crippen molar-refractivity contribution in [3.8, 4) is 0 Å². The first-order chi connectivity index (χ1) is 7.81. The third kappa shape index (κ3) is 2.33. The van der Waals surface area contributed by atoms with E-state index >= 15 is 0 Å². The van der Waals surface area contributed by atoms with Crippen LogP contribution in [0, 0.1) is 5.41 Å². The Morgan fingerprint density at radius 3 is 2.88 bits per heavy atom. The molecular formula is C12H17N3O. The van der Waals surface area contributed by atoms with Crippen LogP contribution in [0.4, 0.5) is 0 Å². The van der Waals surface area contributed by atoms with E-state index in [0.29, 0.717) is 12.6 Å². The van der Waals surface area contributed by atoms with Crippen molar-refractivity contribution in [1.82, 2.24) is 10.2 Å². The number of hydrogen-bond acceptors (Lipinski definition) is 2. The van der Waals surface area contributed by atoms with Crippen molar-refractivity contribution in [1.29, 1.82) is 5.41 Å². The van der Waals surface area contributed by atoms with Crippen LogP contribution in [0.3, 0.4) is 0 Å². The number of nitrogens with zero attached hydrogens (tertiary/aromatic N) is 1. The van der Waals surface area contributed by atoms with Gasteiger partial charge in [-0.2, -0.15) is 0 Å². The quantitative estimate of drug-likeness (QED) is 0.551. The lowest BCUT2D eigenvalue weighted by molar-refractivity contribution is -0.00807. The summed E-state index contributed by atoms with van der Waals surface area (Å²) in [7, 11) is 1.77. The minimum Gasteiger partial charge on any atom is -0.370 e. The fraction of sp³-hybridized carbons (Fsp3) is 0.417. The van der Waals surface area contributed by atoms with Crippen LogP contribution in [0.25, 0.3) is 0 Å². The molecule has 1 aliphatic heterocycles. The molecule has 1 fully saturated rings. The molecule has 4 nitrogen and oxygen atoms in total. The van der Waals surface area contributed by atoms with Crippen molar-refractivity contribution in [2.24, 2.45) is 0 Å². The summed E-state index contributed by atoms with van der Waals surface area (Å²) in [5.74, 6) is 0.462. The number of morpholine rings is 1. The minimum atomic E-state index is 0.0728. The van der Waals surface area contributed by atoms with E-state index in [1.165, 1.54) is 5.56 Å². The van der Waals surface area contributed by atoms with E-state index in [1.54, 1.807) is 7.05 Å². The molecule has 1 atom stereocenters. The molecule has 1 heterocycles. The van der Waals surface area contributed by atoms with Gasteiger partial charge in [0.25, 0.3) is 0 Å². The van der Waals surface area contributed by atoms with Gasteiger partial charge in [-0.15, -0.1) is 0 Å². The Bertz CT molecular complexity index is 353. The number of rotatable bonds is 1. The van der Waals surface area contributed by atoms with E-state index < -0.39 is 0 Å². The number of ether oxygens (including phenoxy) is 1. The zero-order valence-electron chi connectivity index (χ0n) is 9.44. The van der Waals surface area contributed by atoms with Crippen LogP contribution in [-0.4, -0.2) is 37.6 Å². The van der Waals surface area contributed by atoms with Gasteiger partial charge in [0.2, 0.25) is 0 Å². The minimum absolute atomic E-state index is 0.0728. The molecule has 2 N–H and O–H groups in total. The Morgan fingerprint density at radius 1 is 1.44 bits per heavy atom. The summed E-state index contributed by atoms with van der Waals surface area (Å²) < 4.78 is 5.72. The van der Waals surface area contributed by atoms with Gasteiger partial charge in [0.1, 0.15) is 6.10 Å². The Hall–Kier alpha value is -1.55. The highest BCUT2D eigenvalue weighted by Gasteiger charge is 2.22. The van der Waals surface area contributed by atoms with E-state index in [1.807, 2.05) is 23.1 Å². The van der Waals surface area contributed by atoms with Gasteiger partial charge in [-0.05, 0) is 5.56 Å². The average Bonchev–Trinajstić information content (AvgIpc) is 2.39. The van der Waals surface area contributed by atoms with Gasteiger partial charge in [-0.3, -0.25) is 5.41 Å². The molecule has 0 aromatic heterocycles. The number of nitrogens with one attached hydrogen (secondary N) is 2. The van der Waals surface area contributed by atoms with Crippen molar-refractivity contribution >= 4 is 5.96 Å². The van der Waals surface area contributed by atoms with Crippen LogP contribution < -0.4 is 5.32 Å². The largest absolute Gasteiger partial charge is 0.370 e. The van der Waals surface area contributed by atoms with Crippen LogP contribution in [0.5, 0.6) is 0 Å². The molecule has 2 rings (SSSR count). The van der Waals surface area contributed by atoms with Crippen molar-refractivity contribution in [3.63, 3.8) is 0 Å². The highest BCUT2D eigenvalue weighted by atomic mass is 16.5. The average molecular weight is 219 g/mol. The van der Waals surface area contributed by atoms with Crippen LogP contribution in [0.1, 0.15) is 11.7 Å². The molecule has 0 bridgehead atoms. The fourth-order valence-corrected chi connectivity index (χ4v) is 1.88. The summed E-state index contributed by atoms with van der Waals surface area (Å²) in [5, 5.41) is 10.6. The van der Waals surface area contributed by atoms with Gasteiger partial charge in [-0.1, -0.05) is 30.3 Å². The molecule has 1 aromatic carbocycles. The zero-order valence-corrected chi connectivity index (χ0v) is 9.44. The first-order valence-electron chi connectivity index (χ1n) is 5.49. The Kier molecular flexibility index (Phi) is 3.41. The van der Waals surface area contributed by atoms with Crippen molar-refractivity contribution in [2.75, 3.05) is 26.7 Å². The number of hydrogen-bond donors (Lipinski definition) is 2. The third-order valence-electron chi connectivity index (χ3n) is 2.79. The summed E-state index contributed by atoms with van der Waals surface area (Å²) in [4.78, 5) is 2.00. The van der Waals surface area contributed by atoms with Crippen LogP contribution in [-0.2, 0) is 4.74 Å². The molecule has 1 saturated heterocycles. The predicted octanol–water partition coefficient (Wildman–Crippen LogP) is 1.21. The van der Waals surface area contributed by atoms with Gasteiger partial charge >= 0.3 is 0 Å². The Balaban J connectivity index is 2.05.